The predicted octanol–water partition coefficient (Wildman–Crippen LogP) is 5.12. The maximum absolute atomic E-state index is 12.8. The van der Waals surface area contributed by atoms with Crippen molar-refractivity contribution in [1.82, 2.24) is 5.43 Å². The van der Waals surface area contributed by atoms with Crippen molar-refractivity contribution in [3.63, 3.8) is 0 Å². The van der Waals surface area contributed by atoms with E-state index in [0.717, 1.165) is 12.1 Å². The Morgan fingerprint density at radius 2 is 1.74 bits per heavy atom. The van der Waals surface area contributed by atoms with E-state index in [1.54, 1.807) is 24.3 Å². The number of nitrogens with one attached hydrogen (secondary N) is 1. The number of nitrogens with zero attached hydrogens (tertiary/aromatic N) is 3. The number of halogens is 3. The largest absolute Gasteiger partial charge is 0.507 e. The Morgan fingerprint density at radius 1 is 1.00 bits per heavy atom. The number of carbonyl (C=O) groups is 1. The lowest BCUT2D eigenvalue weighted by molar-refractivity contribution is -0.137. The van der Waals surface area contributed by atoms with E-state index in [1.165, 1.54) is 36.5 Å². The van der Waals surface area contributed by atoms with Gasteiger partial charge in [-0.25, -0.2) is 5.43 Å². The third-order valence-corrected chi connectivity index (χ3v) is 4.64. The molecule has 0 unspecified atom stereocenters. The van der Waals surface area contributed by atoms with Crippen molar-refractivity contribution in [3.05, 3.63) is 77.9 Å². The number of alkyl halides is 3. The maximum atomic E-state index is 12.8. The van der Waals surface area contributed by atoms with Crippen LogP contribution in [0.4, 0.5) is 24.5 Å². The molecule has 3 aromatic rings. The van der Waals surface area contributed by atoms with Crippen LogP contribution in [0.15, 0.2) is 82.1 Å². The van der Waals surface area contributed by atoms with Crippen LogP contribution in [0, 0.1) is 0 Å². The number of hydrogen-bond donors (Lipinski definition) is 2. The summed E-state index contributed by atoms with van der Waals surface area (Å²) in [5.74, 6) is 0.276. The molecular formula is C23H17F3N4O4. The Hall–Kier alpha value is -4.41. The van der Waals surface area contributed by atoms with Crippen LogP contribution in [0.25, 0.3) is 0 Å². The summed E-state index contributed by atoms with van der Waals surface area (Å²) in [4.78, 5) is 12.3. The number of phenolic OH excluding ortho intramolecular Hbond substituents is 1. The fourth-order valence-electron chi connectivity index (χ4n) is 2.95. The van der Waals surface area contributed by atoms with Gasteiger partial charge in [0.2, 0.25) is 6.10 Å². The molecule has 11 heteroatoms. The highest BCUT2D eigenvalue weighted by Crippen LogP contribution is 2.32. The summed E-state index contributed by atoms with van der Waals surface area (Å²) in [5, 5.41) is 21.5. The first-order valence-corrected chi connectivity index (χ1v) is 9.93. The minimum Gasteiger partial charge on any atom is -0.507 e. The van der Waals surface area contributed by atoms with Gasteiger partial charge in [-0.3, -0.25) is 4.79 Å². The topological polar surface area (TPSA) is 105 Å². The molecule has 0 radical (unpaired) electrons. The average molecular weight is 470 g/mol. The Kier molecular flexibility index (Phi) is 6.44. The van der Waals surface area contributed by atoms with Gasteiger partial charge in [0.05, 0.1) is 23.2 Å². The first-order valence-electron chi connectivity index (χ1n) is 9.93. The molecule has 0 aromatic heterocycles. The molecular weight excluding hydrogens is 453 g/mol. The lowest BCUT2D eigenvalue weighted by Crippen LogP contribution is -2.42. The number of benzene rings is 3. The van der Waals surface area contributed by atoms with Crippen LogP contribution >= 0.6 is 0 Å². The van der Waals surface area contributed by atoms with Crippen LogP contribution in [0.2, 0.25) is 0 Å². The van der Waals surface area contributed by atoms with Crippen LogP contribution in [0.1, 0.15) is 11.1 Å². The van der Waals surface area contributed by atoms with Gasteiger partial charge in [-0.05, 0) is 48.5 Å². The number of para-hydroxylation sites is 2. The highest BCUT2D eigenvalue weighted by molar-refractivity contribution is 5.87. The van der Waals surface area contributed by atoms with E-state index in [1.807, 2.05) is 0 Å². The fraction of sp³-hybridized carbons (Fsp3) is 0.130. The summed E-state index contributed by atoms with van der Waals surface area (Å²) in [6.45, 7) is 0.00895. The molecule has 0 saturated heterocycles. The van der Waals surface area contributed by atoms with E-state index in [0.29, 0.717) is 11.5 Å². The molecule has 34 heavy (non-hydrogen) atoms. The standard InChI is InChI=1S/C23H17F3N4O4/c24-23(25,26)15-4-3-5-16(11-15)28-29-17-8-9-18(31)14(10-17)12-27-30-22(32)21-13-33-19-6-1-2-7-20(19)34-21/h1-12,21,31H,13H2,(H,30,32)/b27-12+,29-28?/t21-/m0/s1. The molecule has 2 N–H and O–H groups in total. The third-order valence-electron chi connectivity index (χ3n) is 4.64. The molecule has 0 aliphatic carbocycles. The molecule has 1 atom stereocenters. The van der Waals surface area contributed by atoms with Gasteiger partial charge in [-0.2, -0.15) is 28.5 Å². The second-order valence-corrected chi connectivity index (χ2v) is 7.09. The zero-order valence-electron chi connectivity index (χ0n) is 17.4. The van der Waals surface area contributed by atoms with Crippen molar-refractivity contribution >= 4 is 23.5 Å². The quantitative estimate of drug-likeness (QED) is 0.307. The lowest BCUT2D eigenvalue weighted by Gasteiger charge is -2.24. The van der Waals surface area contributed by atoms with Crippen molar-refractivity contribution < 1.29 is 32.5 Å². The zero-order chi connectivity index (χ0) is 24.1. The number of hydrazone groups is 1. The van der Waals surface area contributed by atoms with Crippen molar-refractivity contribution in [2.45, 2.75) is 12.3 Å². The predicted molar refractivity (Wildman–Crippen MR) is 116 cm³/mol. The van der Waals surface area contributed by atoms with Crippen LogP contribution in [0.5, 0.6) is 17.2 Å². The monoisotopic (exact) mass is 470 g/mol. The number of aromatic hydroxyl groups is 1. The van der Waals surface area contributed by atoms with Crippen molar-refractivity contribution in [3.8, 4) is 17.2 Å². The van der Waals surface area contributed by atoms with E-state index in [2.05, 4.69) is 20.8 Å². The zero-order valence-corrected chi connectivity index (χ0v) is 17.4. The Labute approximate surface area is 191 Å². The summed E-state index contributed by atoms with van der Waals surface area (Å²) in [7, 11) is 0. The minimum atomic E-state index is -4.49. The van der Waals surface area contributed by atoms with Gasteiger partial charge in [0, 0.05) is 5.56 Å². The highest BCUT2D eigenvalue weighted by Gasteiger charge is 2.30. The molecule has 1 aliphatic rings. The van der Waals surface area contributed by atoms with E-state index in [-0.39, 0.29) is 29.3 Å². The number of fused-ring (bicyclic) bond motifs is 1. The van der Waals surface area contributed by atoms with Crippen LogP contribution < -0.4 is 14.9 Å². The Balaban J connectivity index is 1.40. The molecule has 0 spiro atoms. The normalized spacial score (nSPS) is 15.6. The van der Waals surface area contributed by atoms with Crippen molar-refractivity contribution in [2.75, 3.05) is 6.61 Å². The number of amides is 1. The van der Waals surface area contributed by atoms with Crippen LogP contribution in [-0.2, 0) is 11.0 Å². The maximum Gasteiger partial charge on any atom is 0.416 e. The summed E-state index contributed by atoms with van der Waals surface area (Å²) in [5.41, 5.74) is 1.94. The molecule has 174 valence electrons. The van der Waals surface area contributed by atoms with E-state index >= 15 is 0 Å². The molecule has 4 rings (SSSR count). The summed E-state index contributed by atoms with van der Waals surface area (Å²) >= 11 is 0. The minimum absolute atomic E-state index is 0.00895. The van der Waals surface area contributed by atoms with Gasteiger partial charge in [0.15, 0.2) is 11.5 Å². The van der Waals surface area contributed by atoms with Gasteiger partial charge in [0.1, 0.15) is 12.4 Å². The number of carbonyl (C=O) groups excluding carboxylic acids is 1. The van der Waals surface area contributed by atoms with Crippen molar-refractivity contribution in [1.29, 1.82) is 0 Å². The van der Waals surface area contributed by atoms with Gasteiger partial charge in [-0.15, -0.1) is 0 Å². The molecule has 8 nitrogen and oxygen atoms in total. The summed E-state index contributed by atoms with van der Waals surface area (Å²) < 4.78 is 49.6. The smallest absolute Gasteiger partial charge is 0.416 e. The first kappa shape index (κ1) is 22.8. The molecule has 1 amide bonds. The molecule has 0 saturated carbocycles. The number of azo groups is 1. The fourth-order valence-corrected chi connectivity index (χ4v) is 2.95. The summed E-state index contributed by atoms with van der Waals surface area (Å²) in [6, 6.07) is 15.5. The number of ether oxygens (including phenoxy) is 2. The second kappa shape index (κ2) is 9.61. The van der Waals surface area contributed by atoms with E-state index in [4.69, 9.17) is 9.47 Å². The van der Waals surface area contributed by atoms with Gasteiger partial charge < -0.3 is 14.6 Å². The summed E-state index contributed by atoms with van der Waals surface area (Å²) in [6.07, 6.45) is -4.21. The van der Waals surface area contributed by atoms with Crippen LogP contribution in [-0.4, -0.2) is 29.9 Å². The number of hydrogen-bond acceptors (Lipinski definition) is 7. The van der Waals surface area contributed by atoms with Gasteiger partial charge >= 0.3 is 6.18 Å². The Bertz CT molecular complexity index is 1260. The molecule has 0 fully saturated rings. The number of phenols is 1. The van der Waals surface area contributed by atoms with Crippen molar-refractivity contribution in [2.24, 2.45) is 15.3 Å². The molecule has 3 aromatic carbocycles. The SMILES string of the molecule is O=C(N/N=C/c1cc(N=Nc2cccc(C(F)(F)F)c2)ccc1O)[C@@H]1COc2ccccc2O1. The van der Waals surface area contributed by atoms with Crippen LogP contribution in [0.3, 0.4) is 0 Å². The van der Waals surface area contributed by atoms with Gasteiger partial charge in [-0.1, -0.05) is 18.2 Å². The average Bonchev–Trinajstić information content (AvgIpc) is 2.83. The van der Waals surface area contributed by atoms with Gasteiger partial charge in [0.25, 0.3) is 5.91 Å². The Morgan fingerprint density at radius 3 is 2.50 bits per heavy atom. The van der Waals surface area contributed by atoms with E-state index in [9.17, 15) is 23.1 Å². The molecule has 0 bridgehead atoms. The first-order chi connectivity index (χ1) is 16.3. The number of rotatable bonds is 5. The lowest BCUT2D eigenvalue weighted by atomic mass is 10.2. The third kappa shape index (κ3) is 5.49. The van der Waals surface area contributed by atoms with E-state index < -0.39 is 23.8 Å². The molecule has 1 aliphatic heterocycles. The molecule has 1 heterocycles. The highest BCUT2D eigenvalue weighted by atomic mass is 19.4. The second-order valence-electron chi connectivity index (χ2n) is 7.09.